The van der Waals surface area contributed by atoms with Crippen molar-refractivity contribution in [3.63, 3.8) is 0 Å². The van der Waals surface area contributed by atoms with E-state index in [1.807, 2.05) is 12.1 Å². The van der Waals surface area contributed by atoms with Crippen molar-refractivity contribution in [2.75, 3.05) is 19.6 Å². The van der Waals surface area contributed by atoms with Crippen molar-refractivity contribution in [1.29, 1.82) is 5.41 Å². The highest BCUT2D eigenvalue weighted by Crippen LogP contribution is 2.25. The highest BCUT2D eigenvalue weighted by Gasteiger charge is 2.44. The van der Waals surface area contributed by atoms with Crippen LogP contribution in [0.3, 0.4) is 0 Å². The third-order valence-corrected chi connectivity index (χ3v) is 6.14. The first-order chi connectivity index (χ1) is 16.0. The molecule has 5 N–H and O–H groups in total. The lowest BCUT2D eigenvalue weighted by Gasteiger charge is -2.20. The number of benzene rings is 1. The Kier molecular flexibility index (Phi) is 8.04. The highest BCUT2D eigenvalue weighted by atomic mass is 32.1. The molecule has 2 aromatic rings. The number of nitrogens with two attached hydrogens (primary N) is 1. The summed E-state index contributed by atoms with van der Waals surface area (Å²) in [5.74, 6) is -4.27. The second-order valence-electron chi connectivity index (χ2n) is 7.64. The van der Waals surface area contributed by atoms with E-state index in [1.54, 1.807) is 12.1 Å². The first-order valence-corrected chi connectivity index (χ1v) is 11.2. The molecule has 1 aromatic carbocycles. The SMILES string of the molecule is N=C(N)NCCCC(NC(=O)[C@H]1CCN(OC(=O)C(F)(F)F)C1)C(=O)c1nc2ccccc2s1. The minimum atomic E-state index is -5.14. The number of alkyl halides is 3. The molecule has 0 spiro atoms. The summed E-state index contributed by atoms with van der Waals surface area (Å²) in [6, 6.07) is 6.26. The number of fused-ring (bicyclic) bond motifs is 1. The maximum atomic E-state index is 13.2. The second kappa shape index (κ2) is 10.8. The number of hydroxylamine groups is 2. The lowest BCUT2D eigenvalue weighted by Crippen LogP contribution is -2.45. The highest BCUT2D eigenvalue weighted by molar-refractivity contribution is 7.20. The number of aromatic nitrogens is 1. The van der Waals surface area contributed by atoms with Gasteiger partial charge in [-0.15, -0.1) is 16.4 Å². The average molecular weight is 501 g/mol. The molecule has 0 radical (unpaired) electrons. The zero-order valence-electron chi connectivity index (χ0n) is 17.9. The Bertz CT molecular complexity index is 1040. The fourth-order valence-corrected chi connectivity index (χ4v) is 4.37. The Morgan fingerprint density at radius 2 is 2.06 bits per heavy atom. The van der Waals surface area contributed by atoms with Gasteiger partial charge in [0, 0.05) is 19.6 Å². The third kappa shape index (κ3) is 6.63. The summed E-state index contributed by atoms with van der Waals surface area (Å²) in [6.45, 7) is 0.0416. The molecular formula is C20H23F3N6O4S. The van der Waals surface area contributed by atoms with Gasteiger partial charge < -0.3 is 21.2 Å². The Morgan fingerprint density at radius 1 is 1.32 bits per heavy atom. The Labute approximate surface area is 196 Å². The van der Waals surface area contributed by atoms with Crippen LogP contribution in [0, 0.1) is 11.3 Å². The molecule has 1 aliphatic rings. The van der Waals surface area contributed by atoms with Gasteiger partial charge in [0.25, 0.3) is 0 Å². The average Bonchev–Trinajstić information content (AvgIpc) is 3.41. The van der Waals surface area contributed by atoms with E-state index in [0.717, 1.165) is 9.76 Å². The summed E-state index contributed by atoms with van der Waals surface area (Å²) in [6.07, 6.45) is -4.35. The lowest BCUT2D eigenvalue weighted by molar-refractivity contribution is -0.235. The summed E-state index contributed by atoms with van der Waals surface area (Å²) < 4.78 is 38.0. The molecule has 0 bridgehead atoms. The molecule has 1 fully saturated rings. The molecule has 2 atom stereocenters. The number of nitrogens with zero attached hydrogens (tertiary/aromatic N) is 2. The summed E-state index contributed by atoms with van der Waals surface area (Å²) >= 11 is 1.19. The number of hydrogen-bond acceptors (Lipinski definition) is 8. The number of rotatable bonds is 9. The summed E-state index contributed by atoms with van der Waals surface area (Å²) in [5.41, 5.74) is 5.91. The number of carbonyl (C=O) groups excluding carboxylic acids is 3. The summed E-state index contributed by atoms with van der Waals surface area (Å²) in [7, 11) is 0. The number of ketones is 1. The van der Waals surface area contributed by atoms with Gasteiger partial charge in [-0.05, 0) is 31.4 Å². The Balaban J connectivity index is 1.65. The molecule has 10 nitrogen and oxygen atoms in total. The van der Waals surface area contributed by atoms with E-state index >= 15 is 0 Å². The number of guanidine groups is 1. The van der Waals surface area contributed by atoms with Crippen LogP contribution in [0.5, 0.6) is 0 Å². The van der Waals surface area contributed by atoms with Gasteiger partial charge in [0.15, 0.2) is 11.0 Å². The number of nitrogens with one attached hydrogen (secondary N) is 3. The molecule has 0 aliphatic carbocycles. The molecule has 14 heteroatoms. The molecule has 1 aliphatic heterocycles. The van der Waals surface area contributed by atoms with Crippen LogP contribution in [-0.2, 0) is 14.4 Å². The first-order valence-electron chi connectivity index (χ1n) is 10.4. The van der Waals surface area contributed by atoms with E-state index < -0.39 is 35.8 Å². The molecule has 2 heterocycles. The standard InChI is InChI=1S/C20H23F3N6O4S/c21-20(22,23)18(32)33-29-9-7-11(10-29)16(31)27-13(5-3-8-26-19(24)25)15(30)17-28-12-4-1-2-6-14(12)34-17/h1-2,4,6,11,13H,3,5,7-10H2,(H,27,31)(H4,24,25,26)/t11-,13?/m0/s1. The van der Waals surface area contributed by atoms with Crippen LogP contribution >= 0.6 is 11.3 Å². The molecule has 1 aromatic heterocycles. The van der Waals surface area contributed by atoms with Crippen molar-refractivity contribution >= 4 is 45.2 Å². The molecule has 1 unspecified atom stereocenters. The first kappa shape index (κ1) is 25.4. The molecule has 1 saturated heterocycles. The number of amides is 1. The Hall–Kier alpha value is -3.26. The predicted molar refractivity (Wildman–Crippen MR) is 117 cm³/mol. The minimum absolute atomic E-state index is 0.0427. The van der Waals surface area contributed by atoms with Gasteiger partial charge in [0.2, 0.25) is 11.7 Å². The van der Waals surface area contributed by atoms with E-state index in [9.17, 15) is 27.6 Å². The monoisotopic (exact) mass is 500 g/mol. The van der Waals surface area contributed by atoms with Crippen molar-refractivity contribution < 1.29 is 32.4 Å². The maximum absolute atomic E-state index is 13.2. The van der Waals surface area contributed by atoms with E-state index in [0.29, 0.717) is 18.5 Å². The fraction of sp³-hybridized carbons (Fsp3) is 0.450. The molecule has 184 valence electrons. The summed E-state index contributed by atoms with van der Waals surface area (Å²) in [5, 5.41) is 13.5. The van der Waals surface area contributed by atoms with Gasteiger partial charge in [-0.2, -0.15) is 13.2 Å². The number of thiazole rings is 1. The van der Waals surface area contributed by atoms with Crippen molar-refractivity contribution in [2.24, 2.45) is 11.7 Å². The van der Waals surface area contributed by atoms with Gasteiger partial charge in [0.05, 0.1) is 22.2 Å². The largest absolute Gasteiger partial charge is 0.492 e. The van der Waals surface area contributed by atoms with Crippen LogP contribution in [0.2, 0.25) is 0 Å². The van der Waals surface area contributed by atoms with Gasteiger partial charge in [-0.1, -0.05) is 12.1 Å². The number of carbonyl (C=O) groups is 3. The maximum Gasteiger partial charge on any atom is 0.492 e. The van der Waals surface area contributed by atoms with Crippen molar-refractivity contribution in [2.45, 2.75) is 31.5 Å². The number of Topliss-reactive ketones (excluding diaryl/α,β-unsaturated/α-hetero) is 1. The van der Waals surface area contributed by atoms with Crippen molar-refractivity contribution in [3.8, 4) is 0 Å². The number of para-hydroxylation sites is 1. The molecule has 1 amide bonds. The Morgan fingerprint density at radius 3 is 2.74 bits per heavy atom. The van der Waals surface area contributed by atoms with E-state index in [-0.39, 0.29) is 36.9 Å². The fourth-order valence-electron chi connectivity index (χ4n) is 3.41. The minimum Gasteiger partial charge on any atom is -0.370 e. The second-order valence-corrected chi connectivity index (χ2v) is 8.68. The van der Waals surface area contributed by atoms with Gasteiger partial charge in [0.1, 0.15) is 0 Å². The van der Waals surface area contributed by atoms with Crippen LogP contribution < -0.4 is 16.4 Å². The quantitative estimate of drug-likeness (QED) is 0.175. The van der Waals surface area contributed by atoms with Crippen LogP contribution in [0.25, 0.3) is 10.2 Å². The van der Waals surface area contributed by atoms with E-state index in [4.69, 9.17) is 11.1 Å². The normalized spacial score (nSPS) is 17.3. The predicted octanol–water partition coefficient (Wildman–Crippen LogP) is 1.57. The number of halogens is 3. The van der Waals surface area contributed by atoms with Crippen LogP contribution in [0.15, 0.2) is 24.3 Å². The van der Waals surface area contributed by atoms with Gasteiger partial charge >= 0.3 is 12.1 Å². The number of hydrogen-bond donors (Lipinski definition) is 4. The van der Waals surface area contributed by atoms with E-state index in [1.165, 1.54) is 11.3 Å². The molecule has 34 heavy (non-hydrogen) atoms. The molecule has 3 rings (SSSR count). The topological polar surface area (TPSA) is 150 Å². The zero-order valence-corrected chi connectivity index (χ0v) is 18.7. The molecular weight excluding hydrogens is 477 g/mol. The molecule has 0 saturated carbocycles. The lowest BCUT2D eigenvalue weighted by atomic mass is 10.0. The van der Waals surface area contributed by atoms with Crippen molar-refractivity contribution in [3.05, 3.63) is 29.3 Å². The third-order valence-electron chi connectivity index (χ3n) is 5.09. The smallest absolute Gasteiger partial charge is 0.370 e. The van der Waals surface area contributed by atoms with Crippen molar-refractivity contribution in [1.82, 2.24) is 20.7 Å². The van der Waals surface area contributed by atoms with Gasteiger partial charge in [-0.25, -0.2) is 9.78 Å². The van der Waals surface area contributed by atoms with Crippen LogP contribution in [-0.4, -0.2) is 65.5 Å². The van der Waals surface area contributed by atoms with Crippen LogP contribution in [0.4, 0.5) is 13.2 Å². The zero-order chi connectivity index (χ0) is 24.9. The van der Waals surface area contributed by atoms with Gasteiger partial charge in [-0.3, -0.25) is 15.0 Å². The van der Waals surface area contributed by atoms with E-state index in [2.05, 4.69) is 20.5 Å². The van der Waals surface area contributed by atoms with Crippen LogP contribution in [0.1, 0.15) is 29.1 Å². The summed E-state index contributed by atoms with van der Waals surface area (Å²) in [4.78, 5) is 45.6.